The molecule has 1 N–H and O–H groups in total. The highest BCUT2D eigenvalue weighted by molar-refractivity contribution is 5.88. The predicted molar refractivity (Wildman–Crippen MR) is 66.4 cm³/mol. The van der Waals surface area contributed by atoms with Crippen molar-refractivity contribution in [1.82, 2.24) is 15.1 Å². The van der Waals surface area contributed by atoms with E-state index in [-0.39, 0.29) is 18.4 Å². The van der Waals surface area contributed by atoms with Gasteiger partial charge in [-0.1, -0.05) is 0 Å². The summed E-state index contributed by atoms with van der Waals surface area (Å²) in [4.78, 5) is 11.2. The van der Waals surface area contributed by atoms with Crippen LogP contribution in [0.3, 0.4) is 0 Å². The largest absolute Gasteiger partial charge is 0.465 e. The third kappa shape index (κ3) is 3.71. The van der Waals surface area contributed by atoms with E-state index in [1.54, 1.807) is 12.4 Å². The maximum absolute atomic E-state index is 11.2. The Morgan fingerprint density at radius 3 is 3.18 bits per heavy atom. The lowest BCUT2D eigenvalue weighted by Gasteiger charge is -2.22. The molecule has 0 bridgehead atoms. The summed E-state index contributed by atoms with van der Waals surface area (Å²) in [5, 5.41) is 7.53. The van der Waals surface area contributed by atoms with Crippen molar-refractivity contribution in [2.24, 2.45) is 5.92 Å². The second-order valence-electron chi connectivity index (χ2n) is 4.16. The number of hydrogen-bond donors (Lipinski definition) is 1. The highest BCUT2D eigenvalue weighted by atomic mass is 35.5. The van der Waals surface area contributed by atoms with Crippen molar-refractivity contribution in [3.63, 3.8) is 0 Å². The van der Waals surface area contributed by atoms with Crippen LogP contribution in [0.5, 0.6) is 0 Å². The monoisotopic (exact) mass is 259 g/mol. The van der Waals surface area contributed by atoms with Crippen molar-refractivity contribution in [1.29, 1.82) is 0 Å². The molecule has 0 aromatic carbocycles. The van der Waals surface area contributed by atoms with Crippen LogP contribution >= 0.6 is 12.4 Å². The van der Waals surface area contributed by atoms with Crippen LogP contribution < -0.4 is 5.32 Å². The van der Waals surface area contributed by atoms with Crippen LogP contribution in [0.1, 0.15) is 23.2 Å². The molecule has 1 unspecified atom stereocenters. The molecule has 0 saturated carbocycles. The van der Waals surface area contributed by atoms with Crippen LogP contribution in [0.25, 0.3) is 0 Å². The van der Waals surface area contributed by atoms with Crippen molar-refractivity contribution < 1.29 is 9.53 Å². The molecule has 2 heterocycles. The molecule has 1 atom stereocenters. The summed E-state index contributed by atoms with van der Waals surface area (Å²) in [6.45, 7) is 3.01. The van der Waals surface area contributed by atoms with Crippen molar-refractivity contribution >= 4 is 18.4 Å². The van der Waals surface area contributed by atoms with Crippen LogP contribution in [0.2, 0.25) is 0 Å². The molecule has 1 aliphatic heterocycles. The number of hydrogen-bond acceptors (Lipinski definition) is 4. The van der Waals surface area contributed by atoms with Gasteiger partial charge in [0.1, 0.15) is 0 Å². The average molecular weight is 260 g/mol. The minimum absolute atomic E-state index is 0. The first kappa shape index (κ1) is 14.0. The average Bonchev–Trinajstić information content (AvgIpc) is 2.78. The van der Waals surface area contributed by atoms with Crippen molar-refractivity contribution in [2.75, 3.05) is 20.2 Å². The third-order valence-corrected chi connectivity index (χ3v) is 2.90. The van der Waals surface area contributed by atoms with Crippen LogP contribution in [0.4, 0.5) is 0 Å². The van der Waals surface area contributed by atoms with Gasteiger partial charge in [-0.15, -0.1) is 12.4 Å². The first-order valence-corrected chi connectivity index (χ1v) is 5.61. The van der Waals surface area contributed by atoms with E-state index in [9.17, 15) is 4.79 Å². The number of methoxy groups -OCH3 is 1. The highest BCUT2D eigenvalue weighted by Gasteiger charge is 2.15. The molecule has 5 nitrogen and oxygen atoms in total. The number of nitrogens with zero attached hydrogens (tertiary/aromatic N) is 2. The fourth-order valence-corrected chi connectivity index (χ4v) is 2.03. The van der Waals surface area contributed by atoms with Crippen molar-refractivity contribution in [2.45, 2.75) is 19.4 Å². The molecule has 1 aromatic rings. The zero-order chi connectivity index (χ0) is 11.4. The molecule has 0 radical (unpaired) electrons. The van der Waals surface area contributed by atoms with E-state index in [1.165, 1.54) is 20.0 Å². The highest BCUT2D eigenvalue weighted by Crippen LogP contribution is 2.12. The summed E-state index contributed by atoms with van der Waals surface area (Å²) < 4.78 is 6.46. The van der Waals surface area contributed by atoms with E-state index in [1.807, 2.05) is 4.68 Å². The lowest BCUT2D eigenvalue weighted by Crippen LogP contribution is -2.32. The van der Waals surface area contributed by atoms with Gasteiger partial charge >= 0.3 is 5.97 Å². The first-order valence-electron chi connectivity index (χ1n) is 5.61. The van der Waals surface area contributed by atoms with Gasteiger partial charge in [0.2, 0.25) is 0 Å². The van der Waals surface area contributed by atoms with E-state index in [2.05, 4.69) is 15.2 Å². The van der Waals surface area contributed by atoms with E-state index >= 15 is 0 Å². The number of carbonyl (C=O) groups is 1. The van der Waals surface area contributed by atoms with Crippen LogP contribution in [0, 0.1) is 5.92 Å². The second-order valence-corrected chi connectivity index (χ2v) is 4.16. The lowest BCUT2D eigenvalue weighted by molar-refractivity contribution is 0.0600. The van der Waals surface area contributed by atoms with E-state index in [4.69, 9.17) is 0 Å². The van der Waals surface area contributed by atoms with Gasteiger partial charge in [-0.2, -0.15) is 5.10 Å². The minimum atomic E-state index is -0.326. The molecule has 0 spiro atoms. The predicted octanol–water partition coefficient (Wildman–Crippen LogP) is 1.09. The zero-order valence-electron chi connectivity index (χ0n) is 9.89. The van der Waals surface area contributed by atoms with E-state index in [0.29, 0.717) is 11.5 Å². The fourth-order valence-electron chi connectivity index (χ4n) is 2.03. The van der Waals surface area contributed by atoms with Gasteiger partial charge in [-0.05, 0) is 31.8 Å². The SMILES string of the molecule is COC(=O)c1cnn(CC2CCCNC2)c1.Cl. The standard InChI is InChI=1S/C11H17N3O2.ClH/c1-16-11(15)10-6-13-14(8-10)7-9-3-2-4-12-5-9;/h6,8-9,12H,2-5,7H2,1H3;1H. The van der Waals surface area contributed by atoms with Crippen LogP contribution in [-0.4, -0.2) is 35.9 Å². The molecule has 2 rings (SSSR count). The fraction of sp³-hybridized carbons (Fsp3) is 0.636. The van der Waals surface area contributed by atoms with Gasteiger partial charge in [0, 0.05) is 12.7 Å². The maximum Gasteiger partial charge on any atom is 0.341 e. The summed E-state index contributed by atoms with van der Waals surface area (Å²) in [6.07, 6.45) is 5.75. The molecule has 1 saturated heterocycles. The number of esters is 1. The molecule has 1 aliphatic rings. The molecule has 0 amide bonds. The van der Waals surface area contributed by atoms with E-state index in [0.717, 1.165) is 19.6 Å². The zero-order valence-corrected chi connectivity index (χ0v) is 10.7. The van der Waals surface area contributed by atoms with Gasteiger partial charge < -0.3 is 10.1 Å². The number of nitrogens with one attached hydrogen (secondary N) is 1. The first-order chi connectivity index (χ1) is 7.79. The Hall–Kier alpha value is -1.07. The van der Waals surface area contributed by atoms with Crippen molar-refractivity contribution in [3.8, 4) is 0 Å². The molecular weight excluding hydrogens is 242 g/mol. The van der Waals surface area contributed by atoms with Gasteiger partial charge in [0.15, 0.2) is 0 Å². The van der Waals surface area contributed by atoms with Gasteiger partial charge in [0.25, 0.3) is 0 Å². The van der Waals surface area contributed by atoms with Crippen LogP contribution in [0.15, 0.2) is 12.4 Å². The second kappa shape index (κ2) is 6.61. The van der Waals surface area contributed by atoms with Crippen LogP contribution in [-0.2, 0) is 11.3 Å². The van der Waals surface area contributed by atoms with Gasteiger partial charge in [-0.3, -0.25) is 4.68 Å². The molecule has 17 heavy (non-hydrogen) atoms. The molecule has 1 aromatic heterocycles. The number of carbonyl (C=O) groups excluding carboxylic acids is 1. The lowest BCUT2D eigenvalue weighted by atomic mass is 10.00. The Bertz CT molecular complexity index is 361. The topological polar surface area (TPSA) is 56.1 Å². The molecule has 6 heteroatoms. The third-order valence-electron chi connectivity index (χ3n) is 2.90. The maximum atomic E-state index is 11.2. The number of rotatable bonds is 3. The Kier molecular flexibility index (Phi) is 5.44. The molecule has 1 fully saturated rings. The Labute approximate surface area is 107 Å². The van der Waals surface area contributed by atoms with Gasteiger partial charge in [0.05, 0.1) is 18.9 Å². The number of aromatic nitrogens is 2. The molecule has 96 valence electrons. The number of halogens is 1. The molecular formula is C11H18ClN3O2. The summed E-state index contributed by atoms with van der Waals surface area (Å²) in [6, 6.07) is 0. The number of ether oxygens (including phenoxy) is 1. The summed E-state index contributed by atoms with van der Waals surface area (Å²) in [7, 11) is 1.38. The normalized spacial score (nSPS) is 19.5. The van der Waals surface area contributed by atoms with Gasteiger partial charge in [-0.25, -0.2) is 4.79 Å². The van der Waals surface area contributed by atoms with E-state index < -0.39 is 0 Å². The summed E-state index contributed by atoms with van der Waals surface area (Å²) >= 11 is 0. The summed E-state index contributed by atoms with van der Waals surface area (Å²) in [5.41, 5.74) is 0.520. The Balaban J connectivity index is 0.00000144. The summed E-state index contributed by atoms with van der Waals surface area (Å²) in [5.74, 6) is 0.284. The number of piperidine rings is 1. The molecule has 0 aliphatic carbocycles. The Morgan fingerprint density at radius 2 is 2.53 bits per heavy atom. The Morgan fingerprint density at radius 1 is 1.71 bits per heavy atom. The minimum Gasteiger partial charge on any atom is -0.465 e. The smallest absolute Gasteiger partial charge is 0.341 e. The quantitative estimate of drug-likeness (QED) is 0.826. The van der Waals surface area contributed by atoms with Crippen molar-refractivity contribution in [3.05, 3.63) is 18.0 Å².